The van der Waals surface area contributed by atoms with Crippen LogP contribution < -0.4 is 9.64 Å². The van der Waals surface area contributed by atoms with Crippen molar-refractivity contribution in [2.45, 2.75) is 25.3 Å². The zero-order valence-electron chi connectivity index (χ0n) is 16.5. The van der Waals surface area contributed by atoms with Gasteiger partial charge in [0.05, 0.1) is 18.8 Å². The van der Waals surface area contributed by atoms with Crippen molar-refractivity contribution in [3.8, 4) is 5.75 Å². The average molecular weight is 442 g/mol. The predicted octanol–water partition coefficient (Wildman–Crippen LogP) is 2.90. The Hall–Kier alpha value is -0.970. The summed E-state index contributed by atoms with van der Waals surface area (Å²) >= 11 is -0.243. The van der Waals surface area contributed by atoms with Crippen LogP contribution in [0.15, 0.2) is 34.5 Å². The number of piperazine rings is 1. The number of rotatable bonds is 8. The molecule has 1 saturated heterocycles. The Kier molecular flexibility index (Phi) is 7.90. The van der Waals surface area contributed by atoms with Crippen LogP contribution >= 0.6 is 11.3 Å². The lowest BCUT2D eigenvalue weighted by atomic mass is 10.3. The lowest BCUT2D eigenvalue weighted by Gasteiger charge is -2.34. The van der Waals surface area contributed by atoms with Crippen LogP contribution in [0.2, 0.25) is 0 Å². The zero-order valence-corrected chi connectivity index (χ0v) is 18.9. The monoisotopic (exact) mass is 441 g/mol. The Balaban J connectivity index is 1.48. The molecular weight excluding hydrogens is 414 g/mol. The van der Waals surface area contributed by atoms with E-state index in [0.29, 0.717) is 12.5 Å². The van der Waals surface area contributed by atoms with Gasteiger partial charge in [0.15, 0.2) is 10.0 Å². The van der Waals surface area contributed by atoms with E-state index in [0.717, 1.165) is 53.4 Å². The summed E-state index contributed by atoms with van der Waals surface area (Å²) in [6.07, 6.45) is 1.66. The quantitative estimate of drug-likeness (QED) is 0.587. The van der Waals surface area contributed by atoms with Crippen molar-refractivity contribution in [3.05, 3.63) is 35.3 Å². The molecule has 1 aromatic carbocycles. The minimum Gasteiger partial charge on any atom is -0.612 e. The summed E-state index contributed by atoms with van der Waals surface area (Å²) in [6.45, 7) is 7.90. The maximum absolute atomic E-state index is 12.3. The van der Waals surface area contributed by atoms with Crippen molar-refractivity contribution < 1.29 is 13.8 Å². The number of aromatic nitrogens is 1. The molecule has 154 valence electrons. The highest BCUT2D eigenvalue weighted by molar-refractivity contribution is 7.90. The normalized spacial score (nSPS) is 17.7. The second-order valence-corrected chi connectivity index (χ2v) is 10.8. The van der Waals surface area contributed by atoms with E-state index in [1.54, 1.807) is 17.6 Å². The van der Waals surface area contributed by atoms with Crippen molar-refractivity contribution in [2.24, 2.45) is 5.92 Å². The van der Waals surface area contributed by atoms with Gasteiger partial charge < -0.3 is 18.7 Å². The number of ether oxygens (including phenoxy) is 1. The van der Waals surface area contributed by atoms with E-state index >= 15 is 0 Å². The molecule has 28 heavy (non-hydrogen) atoms. The molecular formula is C19H27N3O3S3. The molecule has 1 aromatic heterocycles. The molecule has 1 fully saturated rings. The standard InChI is InChI=1S/C19H27N3O3S3/c1-15(2)14-28(24)22-10-8-21(9-11-22)19-20-16(13-26-19)12-25-17-4-6-18(7-5-17)27(3)23/h4-7,13,15H,8-12,14H2,1-3H3. The van der Waals surface area contributed by atoms with E-state index in [-0.39, 0.29) is 0 Å². The molecule has 2 unspecified atom stereocenters. The van der Waals surface area contributed by atoms with Crippen molar-refractivity contribution >= 4 is 39.0 Å². The van der Waals surface area contributed by atoms with Gasteiger partial charge >= 0.3 is 0 Å². The molecule has 1 aliphatic heterocycles. The highest BCUT2D eigenvalue weighted by atomic mass is 32.2. The molecule has 0 saturated carbocycles. The smallest absolute Gasteiger partial charge is 0.185 e. The first kappa shape index (κ1) is 21.7. The minimum absolute atomic E-state index is 0.406. The van der Waals surface area contributed by atoms with Gasteiger partial charge in [-0.15, -0.1) is 15.6 Å². The lowest BCUT2D eigenvalue weighted by molar-refractivity contribution is 0.302. The van der Waals surface area contributed by atoms with E-state index in [9.17, 15) is 9.11 Å². The summed E-state index contributed by atoms with van der Waals surface area (Å²) in [5, 5.41) is 3.01. The van der Waals surface area contributed by atoms with E-state index in [2.05, 4.69) is 28.0 Å². The van der Waals surface area contributed by atoms with Crippen LogP contribution in [0.5, 0.6) is 5.75 Å². The Labute approximate surface area is 177 Å². The molecule has 0 aliphatic carbocycles. The fraction of sp³-hybridized carbons (Fsp3) is 0.526. The number of benzene rings is 1. The Morgan fingerprint density at radius 3 is 2.43 bits per heavy atom. The van der Waals surface area contributed by atoms with Gasteiger partial charge in [0.25, 0.3) is 0 Å². The van der Waals surface area contributed by atoms with Gasteiger partial charge in [-0.3, -0.25) is 0 Å². The Morgan fingerprint density at radius 1 is 1.14 bits per heavy atom. The third-order valence-electron chi connectivity index (χ3n) is 4.36. The molecule has 0 amide bonds. The third kappa shape index (κ3) is 6.01. The van der Waals surface area contributed by atoms with E-state index < -0.39 is 22.5 Å². The second kappa shape index (κ2) is 10.2. The molecule has 0 bridgehead atoms. The van der Waals surface area contributed by atoms with Gasteiger partial charge in [-0.05, 0) is 41.4 Å². The van der Waals surface area contributed by atoms with Crippen LogP contribution in [0.3, 0.4) is 0 Å². The van der Waals surface area contributed by atoms with Gasteiger partial charge in [-0.25, -0.2) is 4.98 Å². The van der Waals surface area contributed by atoms with E-state index in [1.165, 1.54) is 0 Å². The van der Waals surface area contributed by atoms with E-state index in [4.69, 9.17) is 4.74 Å². The second-order valence-electron chi connectivity index (χ2n) is 7.13. The molecule has 2 heterocycles. The van der Waals surface area contributed by atoms with E-state index in [1.807, 2.05) is 29.6 Å². The molecule has 1 aliphatic rings. The molecule has 2 aromatic rings. The summed E-state index contributed by atoms with van der Waals surface area (Å²) in [6, 6.07) is 7.31. The van der Waals surface area contributed by atoms with Crippen LogP contribution in [0, 0.1) is 5.92 Å². The SMILES string of the molecule is CC(C)C[S+]([O-])N1CCN(c2nc(COc3ccc([S+](C)[O-])cc3)cs2)CC1. The third-order valence-corrected chi connectivity index (χ3v) is 8.13. The maximum Gasteiger partial charge on any atom is 0.185 e. The van der Waals surface area contributed by atoms with Crippen LogP contribution in [0.1, 0.15) is 19.5 Å². The largest absolute Gasteiger partial charge is 0.612 e. The van der Waals surface area contributed by atoms with Crippen LogP contribution in [0.25, 0.3) is 0 Å². The number of hydrogen-bond acceptors (Lipinski definition) is 7. The number of thiazole rings is 1. The van der Waals surface area contributed by atoms with Crippen molar-refractivity contribution in [2.75, 3.05) is 43.1 Å². The Bertz CT molecular complexity index is 732. The summed E-state index contributed by atoms with van der Waals surface area (Å²) in [5.74, 6) is 1.92. The van der Waals surface area contributed by atoms with Gasteiger partial charge in [0.1, 0.15) is 24.4 Å². The average Bonchev–Trinajstić information content (AvgIpc) is 3.15. The number of anilines is 1. The first-order chi connectivity index (χ1) is 13.4. The number of hydrogen-bond donors (Lipinski definition) is 0. The molecule has 0 N–H and O–H groups in total. The van der Waals surface area contributed by atoms with Gasteiger partial charge in [-0.2, -0.15) is 0 Å². The summed E-state index contributed by atoms with van der Waals surface area (Å²) < 4.78 is 31.6. The summed E-state index contributed by atoms with van der Waals surface area (Å²) in [5.41, 5.74) is 0.897. The van der Waals surface area contributed by atoms with Crippen molar-refractivity contribution in [1.29, 1.82) is 0 Å². The lowest BCUT2D eigenvalue weighted by Crippen LogP contribution is -2.49. The number of nitrogens with zero attached hydrogens (tertiary/aromatic N) is 3. The van der Waals surface area contributed by atoms with Crippen molar-refractivity contribution in [1.82, 2.24) is 9.29 Å². The first-order valence-corrected chi connectivity index (χ1v) is 13.0. The van der Waals surface area contributed by atoms with Gasteiger partial charge in [0, 0.05) is 29.8 Å². The molecule has 3 rings (SSSR count). The van der Waals surface area contributed by atoms with Crippen LogP contribution in [-0.4, -0.2) is 56.6 Å². The fourth-order valence-corrected chi connectivity index (χ4v) is 5.60. The van der Waals surface area contributed by atoms with Gasteiger partial charge in [-0.1, -0.05) is 13.8 Å². The van der Waals surface area contributed by atoms with Gasteiger partial charge in [0.2, 0.25) is 0 Å². The fourth-order valence-electron chi connectivity index (χ4n) is 2.87. The Morgan fingerprint density at radius 2 is 1.82 bits per heavy atom. The predicted molar refractivity (Wildman–Crippen MR) is 117 cm³/mol. The topological polar surface area (TPSA) is 74.7 Å². The summed E-state index contributed by atoms with van der Waals surface area (Å²) in [4.78, 5) is 7.73. The van der Waals surface area contributed by atoms with Crippen LogP contribution in [-0.2, 0) is 29.1 Å². The molecule has 2 atom stereocenters. The highest BCUT2D eigenvalue weighted by Crippen LogP contribution is 2.24. The zero-order chi connectivity index (χ0) is 20.1. The minimum atomic E-state index is -0.980. The first-order valence-electron chi connectivity index (χ1n) is 9.31. The molecule has 9 heteroatoms. The molecule has 0 spiro atoms. The van der Waals surface area contributed by atoms with Crippen LogP contribution in [0.4, 0.5) is 5.13 Å². The highest BCUT2D eigenvalue weighted by Gasteiger charge is 2.27. The van der Waals surface area contributed by atoms with Crippen molar-refractivity contribution in [3.63, 3.8) is 0 Å². The molecule has 0 radical (unpaired) electrons. The summed E-state index contributed by atoms with van der Waals surface area (Å²) in [7, 11) is 0. The molecule has 6 nitrogen and oxygen atoms in total. The maximum atomic E-state index is 12.3.